The number of urea groups is 1. The highest BCUT2D eigenvalue weighted by Crippen LogP contribution is 2.26. The minimum Gasteiger partial charge on any atom is -0.491 e. The number of rotatable bonds is 6. The molecular weight excluding hydrogens is 358 g/mol. The number of aliphatic hydroxyl groups excluding tert-OH is 1. The summed E-state index contributed by atoms with van der Waals surface area (Å²) in [6, 6.07) is 9.12. The number of aliphatic hydroxyl groups is 1. The van der Waals surface area contributed by atoms with Gasteiger partial charge in [0.1, 0.15) is 36.1 Å². The van der Waals surface area contributed by atoms with E-state index in [-0.39, 0.29) is 13.2 Å². The molecule has 8 heteroatoms. The molecule has 1 aliphatic heterocycles. The Morgan fingerprint density at radius 1 is 1.04 bits per heavy atom. The van der Waals surface area contributed by atoms with E-state index in [4.69, 9.17) is 4.74 Å². The number of β-amino-alcohol motifs (C(OH)–C–C–N with tert-alkyl or cyclic N) is 1. The molecule has 0 aromatic heterocycles. The first-order chi connectivity index (χ1) is 12.9. The summed E-state index contributed by atoms with van der Waals surface area (Å²) in [5.74, 6) is -0.971. The number of amides is 3. The number of carbonyl (C=O) groups is 2. The maximum absolute atomic E-state index is 13.1. The molecule has 0 unspecified atom stereocenters. The fourth-order valence-electron chi connectivity index (χ4n) is 2.82. The van der Waals surface area contributed by atoms with Crippen LogP contribution in [0.5, 0.6) is 5.75 Å². The summed E-state index contributed by atoms with van der Waals surface area (Å²) in [7, 11) is 0. The third-order valence-corrected chi connectivity index (χ3v) is 4.20. The molecule has 0 aliphatic carbocycles. The van der Waals surface area contributed by atoms with Crippen LogP contribution in [0.1, 0.15) is 6.92 Å². The van der Waals surface area contributed by atoms with Gasteiger partial charge in [0, 0.05) is 5.69 Å². The van der Waals surface area contributed by atoms with Crippen molar-refractivity contribution >= 4 is 17.6 Å². The molecule has 0 radical (unpaired) electrons. The van der Waals surface area contributed by atoms with E-state index in [1.165, 1.54) is 53.4 Å². The monoisotopic (exact) mass is 376 g/mol. The summed E-state index contributed by atoms with van der Waals surface area (Å²) in [6.07, 6.45) is -1.12. The van der Waals surface area contributed by atoms with Crippen LogP contribution < -0.4 is 9.64 Å². The molecule has 1 aliphatic rings. The van der Waals surface area contributed by atoms with Crippen LogP contribution in [0.15, 0.2) is 48.5 Å². The fraction of sp³-hybridized carbons (Fsp3) is 0.263. The lowest BCUT2D eigenvalue weighted by atomic mass is 10.2. The number of halogens is 2. The number of anilines is 1. The second-order valence-corrected chi connectivity index (χ2v) is 6.17. The normalized spacial score (nSPS) is 18.1. The number of benzene rings is 2. The number of nitrogens with zero attached hydrogens (tertiary/aromatic N) is 2. The van der Waals surface area contributed by atoms with Crippen molar-refractivity contribution in [1.29, 1.82) is 0 Å². The van der Waals surface area contributed by atoms with Gasteiger partial charge < -0.3 is 9.84 Å². The van der Waals surface area contributed by atoms with Crippen LogP contribution in [0, 0.1) is 11.6 Å². The molecule has 1 fully saturated rings. The Bertz CT molecular complexity index is 827. The predicted molar refractivity (Wildman–Crippen MR) is 93.4 cm³/mol. The van der Waals surface area contributed by atoms with Gasteiger partial charge in [-0.25, -0.2) is 13.6 Å². The molecule has 2 aromatic rings. The van der Waals surface area contributed by atoms with Gasteiger partial charge in [-0.3, -0.25) is 14.6 Å². The Labute approximate surface area is 154 Å². The molecule has 3 amide bonds. The smallest absolute Gasteiger partial charge is 0.332 e. The molecule has 6 nitrogen and oxygen atoms in total. The van der Waals surface area contributed by atoms with Crippen molar-refractivity contribution in [2.75, 3.05) is 18.1 Å². The van der Waals surface area contributed by atoms with Crippen LogP contribution in [0.3, 0.4) is 0 Å². The SMILES string of the molecule is C[C@H]1C(=O)N(C[C@H](O)COc2ccc(F)cc2)C(=O)N1c1ccc(F)cc1. The molecule has 27 heavy (non-hydrogen) atoms. The zero-order valence-corrected chi connectivity index (χ0v) is 14.5. The second kappa shape index (κ2) is 7.71. The summed E-state index contributed by atoms with van der Waals surface area (Å²) in [6.45, 7) is 1.14. The first-order valence-electron chi connectivity index (χ1n) is 8.33. The quantitative estimate of drug-likeness (QED) is 0.787. The van der Waals surface area contributed by atoms with Crippen molar-refractivity contribution < 1.29 is 28.2 Å². The summed E-state index contributed by atoms with van der Waals surface area (Å²) in [4.78, 5) is 27.2. The lowest BCUT2D eigenvalue weighted by Crippen LogP contribution is -2.40. The number of hydrogen-bond donors (Lipinski definition) is 1. The van der Waals surface area contributed by atoms with Crippen molar-refractivity contribution in [3.05, 3.63) is 60.2 Å². The average molecular weight is 376 g/mol. The van der Waals surface area contributed by atoms with Gasteiger partial charge in [-0.1, -0.05) is 0 Å². The lowest BCUT2D eigenvalue weighted by molar-refractivity contribution is -0.128. The summed E-state index contributed by atoms with van der Waals surface area (Å²) in [5, 5.41) is 10.1. The molecule has 0 bridgehead atoms. The van der Waals surface area contributed by atoms with Crippen LogP contribution in [0.2, 0.25) is 0 Å². The van der Waals surface area contributed by atoms with Gasteiger partial charge in [-0.15, -0.1) is 0 Å². The Morgan fingerprint density at radius 2 is 1.59 bits per heavy atom. The molecule has 142 valence electrons. The van der Waals surface area contributed by atoms with E-state index in [9.17, 15) is 23.5 Å². The molecule has 1 heterocycles. The Hall–Kier alpha value is -3.00. The topological polar surface area (TPSA) is 70.1 Å². The van der Waals surface area contributed by atoms with E-state index in [2.05, 4.69) is 0 Å². The first-order valence-corrected chi connectivity index (χ1v) is 8.33. The summed E-state index contributed by atoms with van der Waals surface area (Å²) >= 11 is 0. The maximum Gasteiger partial charge on any atom is 0.332 e. The van der Waals surface area contributed by atoms with E-state index >= 15 is 0 Å². The zero-order chi connectivity index (χ0) is 19.6. The Kier molecular flexibility index (Phi) is 5.36. The van der Waals surface area contributed by atoms with Gasteiger partial charge in [0.2, 0.25) is 0 Å². The van der Waals surface area contributed by atoms with E-state index in [1.54, 1.807) is 6.92 Å². The highest BCUT2D eigenvalue weighted by Gasteiger charge is 2.43. The van der Waals surface area contributed by atoms with Gasteiger partial charge in [0.15, 0.2) is 0 Å². The van der Waals surface area contributed by atoms with Gasteiger partial charge in [0.25, 0.3) is 5.91 Å². The van der Waals surface area contributed by atoms with Gasteiger partial charge in [-0.2, -0.15) is 0 Å². The van der Waals surface area contributed by atoms with Crippen molar-refractivity contribution in [1.82, 2.24) is 4.90 Å². The molecule has 2 aromatic carbocycles. The molecule has 3 rings (SSSR count). The molecule has 0 saturated carbocycles. The Morgan fingerprint density at radius 3 is 2.19 bits per heavy atom. The lowest BCUT2D eigenvalue weighted by Gasteiger charge is -2.20. The number of carbonyl (C=O) groups excluding carboxylic acids is 2. The molecule has 1 N–H and O–H groups in total. The predicted octanol–water partition coefficient (Wildman–Crippen LogP) is 2.56. The maximum atomic E-state index is 13.1. The van der Waals surface area contributed by atoms with Crippen LogP contribution in [-0.4, -0.2) is 47.2 Å². The highest BCUT2D eigenvalue weighted by atomic mass is 19.1. The minimum atomic E-state index is -1.12. The minimum absolute atomic E-state index is 0.173. The number of imide groups is 1. The molecule has 0 spiro atoms. The molecule has 2 atom stereocenters. The first kappa shape index (κ1) is 18.8. The number of hydrogen-bond acceptors (Lipinski definition) is 4. The van der Waals surface area contributed by atoms with E-state index < -0.39 is 35.7 Å². The molecule has 1 saturated heterocycles. The second-order valence-electron chi connectivity index (χ2n) is 6.17. The van der Waals surface area contributed by atoms with Crippen molar-refractivity contribution in [2.24, 2.45) is 0 Å². The summed E-state index contributed by atoms with van der Waals surface area (Å²) in [5.41, 5.74) is 0.391. The van der Waals surface area contributed by atoms with Gasteiger partial charge in [0.05, 0.1) is 6.54 Å². The van der Waals surface area contributed by atoms with Gasteiger partial charge in [-0.05, 0) is 55.5 Å². The summed E-state index contributed by atoms with van der Waals surface area (Å²) < 4.78 is 31.3. The van der Waals surface area contributed by atoms with Crippen molar-refractivity contribution in [3.8, 4) is 5.75 Å². The van der Waals surface area contributed by atoms with E-state index in [1.807, 2.05) is 0 Å². The highest BCUT2D eigenvalue weighted by molar-refractivity contribution is 6.14. The third kappa shape index (κ3) is 4.06. The molecular formula is C19H18F2N2O4. The van der Waals surface area contributed by atoms with Crippen molar-refractivity contribution in [2.45, 2.75) is 19.1 Å². The van der Waals surface area contributed by atoms with E-state index in [0.717, 1.165) is 4.90 Å². The zero-order valence-electron chi connectivity index (χ0n) is 14.5. The Balaban J connectivity index is 1.63. The van der Waals surface area contributed by atoms with Crippen LogP contribution in [-0.2, 0) is 4.79 Å². The van der Waals surface area contributed by atoms with E-state index in [0.29, 0.717) is 11.4 Å². The third-order valence-electron chi connectivity index (χ3n) is 4.20. The van der Waals surface area contributed by atoms with Crippen molar-refractivity contribution in [3.63, 3.8) is 0 Å². The average Bonchev–Trinajstić information content (AvgIpc) is 2.86. The largest absolute Gasteiger partial charge is 0.491 e. The standard InChI is InChI=1S/C19H18F2N2O4/c1-12-18(25)22(19(26)23(12)15-6-2-13(20)3-7-15)10-16(24)11-27-17-8-4-14(21)5-9-17/h2-9,12,16,24H,10-11H2,1H3/t12-,16-/m0/s1. The van der Waals surface area contributed by atoms with Gasteiger partial charge >= 0.3 is 6.03 Å². The fourth-order valence-corrected chi connectivity index (χ4v) is 2.82. The number of ether oxygens (including phenoxy) is 1. The van der Waals surface area contributed by atoms with Crippen LogP contribution in [0.25, 0.3) is 0 Å². The van der Waals surface area contributed by atoms with Crippen LogP contribution in [0.4, 0.5) is 19.3 Å². The van der Waals surface area contributed by atoms with Crippen LogP contribution >= 0.6 is 0 Å².